The largest absolute Gasteiger partial charge is 0.462 e. The fraction of sp³-hybridized carbons (Fsp3) is 0.444. The van der Waals surface area contributed by atoms with E-state index < -0.39 is 11.6 Å². The SMILES string of the molecule is CN1CCC[C@H]1COc1nc(N2CC3CCC(C2)N3)c2cc(F)c(-c3c[nH]c4ccc(Cl)nc34)c(F)c2n1. The summed E-state index contributed by atoms with van der Waals surface area (Å²) < 4.78 is 38.1. The summed E-state index contributed by atoms with van der Waals surface area (Å²) in [5, 5.41) is 4.18. The number of likely N-dealkylation sites (tertiary alicyclic amines) is 1. The Morgan fingerprint density at radius 1 is 1.08 bits per heavy atom. The molecule has 7 rings (SSSR count). The van der Waals surface area contributed by atoms with Crippen LogP contribution < -0.4 is 15.0 Å². The highest BCUT2D eigenvalue weighted by Crippen LogP contribution is 2.39. The molecule has 0 aliphatic carbocycles. The molecule has 0 amide bonds. The highest BCUT2D eigenvalue weighted by atomic mass is 35.5. The number of fused-ring (bicyclic) bond motifs is 4. The number of halogens is 3. The topological polar surface area (TPSA) is 82.2 Å². The Morgan fingerprint density at radius 2 is 1.89 bits per heavy atom. The summed E-state index contributed by atoms with van der Waals surface area (Å²) in [6.07, 6.45) is 5.83. The Labute approximate surface area is 223 Å². The van der Waals surface area contributed by atoms with Gasteiger partial charge in [-0.1, -0.05) is 11.6 Å². The van der Waals surface area contributed by atoms with Crippen molar-refractivity contribution in [2.75, 3.05) is 38.2 Å². The molecule has 3 aromatic heterocycles. The predicted octanol–water partition coefficient (Wildman–Crippen LogP) is 4.52. The lowest BCUT2D eigenvalue weighted by molar-refractivity contribution is 0.188. The van der Waals surface area contributed by atoms with Gasteiger partial charge in [0.25, 0.3) is 0 Å². The summed E-state index contributed by atoms with van der Waals surface area (Å²) in [5.41, 5.74) is 1.14. The molecule has 11 heteroatoms. The third kappa shape index (κ3) is 4.06. The third-order valence-electron chi connectivity index (χ3n) is 8.19. The van der Waals surface area contributed by atoms with Crippen LogP contribution in [0.4, 0.5) is 14.6 Å². The number of likely N-dealkylation sites (N-methyl/N-ethyl adjacent to an activating group) is 1. The molecular formula is C27H28ClF2N7O. The molecule has 2 unspecified atom stereocenters. The van der Waals surface area contributed by atoms with E-state index in [-0.39, 0.29) is 33.8 Å². The summed E-state index contributed by atoms with van der Waals surface area (Å²) >= 11 is 6.10. The van der Waals surface area contributed by atoms with E-state index in [4.69, 9.17) is 21.3 Å². The van der Waals surface area contributed by atoms with Gasteiger partial charge in [0.05, 0.1) is 16.6 Å². The highest BCUT2D eigenvalue weighted by molar-refractivity contribution is 6.29. The first-order valence-corrected chi connectivity index (χ1v) is 13.5. The van der Waals surface area contributed by atoms with Crippen LogP contribution in [0, 0.1) is 11.6 Å². The van der Waals surface area contributed by atoms with Gasteiger partial charge < -0.3 is 24.8 Å². The number of pyridine rings is 1. The molecule has 0 spiro atoms. The van der Waals surface area contributed by atoms with Crippen molar-refractivity contribution in [2.24, 2.45) is 0 Å². The van der Waals surface area contributed by atoms with Gasteiger partial charge in [0.2, 0.25) is 0 Å². The number of piperazine rings is 1. The summed E-state index contributed by atoms with van der Waals surface area (Å²) in [6.45, 7) is 2.85. The van der Waals surface area contributed by atoms with E-state index in [0.717, 1.165) is 32.2 Å². The molecule has 3 fully saturated rings. The minimum absolute atomic E-state index is 0.0310. The molecule has 2 N–H and O–H groups in total. The molecule has 2 bridgehead atoms. The number of nitrogens with zero attached hydrogens (tertiary/aromatic N) is 5. The van der Waals surface area contributed by atoms with Gasteiger partial charge in [-0.2, -0.15) is 9.97 Å². The molecule has 6 heterocycles. The van der Waals surface area contributed by atoms with Gasteiger partial charge in [0.15, 0.2) is 5.82 Å². The van der Waals surface area contributed by atoms with Crippen molar-refractivity contribution in [3.05, 3.63) is 41.2 Å². The van der Waals surface area contributed by atoms with Crippen molar-refractivity contribution < 1.29 is 13.5 Å². The second kappa shape index (κ2) is 9.29. The highest BCUT2D eigenvalue weighted by Gasteiger charge is 2.34. The summed E-state index contributed by atoms with van der Waals surface area (Å²) in [7, 11) is 2.07. The number of ether oxygens (including phenoxy) is 1. The molecule has 3 aliphatic rings. The Balaban J connectivity index is 1.37. The maximum Gasteiger partial charge on any atom is 0.319 e. The van der Waals surface area contributed by atoms with E-state index in [1.165, 1.54) is 6.07 Å². The van der Waals surface area contributed by atoms with Crippen molar-refractivity contribution in [1.29, 1.82) is 0 Å². The van der Waals surface area contributed by atoms with E-state index in [1.54, 1.807) is 18.3 Å². The van der Waals surface area contributed by atoms with Gasteiger partial charge in [0, 0.05) is 48.4 Å². The number of benzene rings is 1. The molecule has 0 radical (unpaired) electrons. The van der Waals surface area contributed by atoms with E-state index in [0.29, 0.717) is 54.0 Å². The maximum absolute atomic E-state index is 16.3. The second-order valence-electron chi connectivity index (χ2n) is 10.6. The van der Waals surface area contributed by atoms with E-state index in [2.05, 4.69) is 37.1 Å². The first kappa shape index (κ1) is 24.0. The van der Waals surface area contributed by atoms with Gasteiger partial charge in [-0.15, -0.1) is 0 Å². The summed E-state index contributed by atoms with van der Waals surface area (Å²) in [4.78, 5) is 20.9. The molecule has 38 heavy (non-hydrogen) atoms. The van der Waals surface area contributed by atoms with Crippen molar-refractivity contribution in [3.8, 4) is 17.1 Å². The molecule has 3 atom stereocenters. The zero-order valence-electron chi connectivity index (χ0n) is 21.0. The Bertz CT molecular complexity index is 1530. The number of aromatic amines is 1. The van der Waals surface area contributed by atoms with Gasteiger partial charge in [0.1, 0.15) is 28.9 Å². The molecule has 3 saturated heterocycles. The average molecular weight is 540 g/mol. The van der Waals surface area contributed by atoms with E-state index >= 15 is 8.78 Å². The number of H-pyrrole nitrogens is 1. The molecule has 4 aromatic rings. The lowest BCUT2D eigenvalue weighted by Crippen LogP contribution is -2.51. The normalized spacial score (nSPS) is 23.7. The van der Waals surface area contributed by atoms with Gasteiger partial charge in [-0.05, 0) is 57.5 Å². The van der Waals surface area contributed by atoms with Crippen LogP contribution in [0.2, 0.25) is 5.15 Å². The van der Waals surface area contributed by atoms with Crippen LogP contribution in [-0.4, -0.2) is 76.3 Å². The van der Waals surface area contributed by atoms with Crippen molar-refractivity contribution in [2.45, 2.75) is 43.8 Å². The van der Waals surface area contributed by atoms with E-state index in [9.17, 15) is 0 Å². The number of nitrogens with one attached hydrogen (secondary N) is 2. The number of anilines is 1. The van der Waals surface area contributed by atoms with Crippen LogP contribution >= 0.6 is 11.6 Å². The van der Waals surface area contributed by atoms with Crippen LogP contribution in [0.3, 0.4) is 0 Å². The van der Waals surface area contributed by atoms with Crippen molar-refractivity contribution in [3.63, 3.8) is 0 Å². The Kier molecular flexibility index (Phi) is 5.86. The van der Waals surface area contributed by atoms with Gasteiger partial charge in [-0.3, -0.25) is 0 Å². The lowest BCUT2D eigenvalue weighted by atomic mass is 10.0. The second-order valence-corrected chi connectivity index (χ2v) is 11.0. The summed E-state index contributed by atoms with van der Waals surface area (Å²) in [6, 6.07) is 5.71. The average Bonchev–Trinajstić information content (AvgIpc) is 3.60. The van der Waals surface area contributed by atoms with Crippen molar-refractivity contribution in [1.82, 2.24) is 30.2 Å². The van der Waals surface area contributed by atoms with Crippen LogP contribution in [0.15, 0.2) is 24.4 Å². The Hall–Kier alpha value is -3.08. The number of hydrogen-bond acceptors (Lipinski definition) is 7. The lowest BCUT2D eigenvalue weighted by Gasteiger charge is -2.34. The molecule has 198 valence electrons. The van der Waals surface area contributed by atoms with Crippen LogP contribution in [0.25, 0.3) is 33.1 Å². The maximum atomic E-state index is 16.3. The van der Waals surface area contributed by atoms with Crippen LogP contribution in [-0.2, 0) is 0 Å². The first-order valence-electron chi connectivity index (χ1n) is 13.1. The summed E-state index contributed by atoms with van der Waals surface area (Å²) in [5.74, 6) is -0.971. The number of rotatable bonds is 5. The van der Waals surface area contributed by atoms with Gasteiger partial charge in [-0.25, -0.2) is 13.8 Å². The molecule has 0 saturated carbocycles. The standard InChI is InChI=1S/C27H28ClF2N7O/c1-36-8-2-3-16(36)13-38-27-34-25-17(26(35-27)37-11-14-4-5-15(12-37)32-14)9-19(29)22(23(25)30)18-10-31-20-6-7-21(28)33-24(18)20/h6-7,9-10,14-16,31-32H,2-5,8,11-13H2,1H3/t14?,15?,16-/m0/s1. The van der Waals surface area contributed by atoms with Crippen molar-refractivity contribution >= 4 is 39.4 Å². The first-order chi connectivity index (χ1) is 18.4. The zero-order chi connectivity index (χ0) is 26.0. The fourth-order valence-corrected chi connectivity index (χ4v) is 6.36. The zero-order valence-corrected chi connectivity index (χ0v) is 21.7. The number of aromatic nitrogens is 4. The molecular weight excluding hydrogens is 512 g/mol. The van der Waals surface area contributed by atoms with Gasteiger partial charge >= 0.3 is 6.01 Å². The van der Waals surface area contributed by atoms with Crippen LogP contribution in [0.5, 0.6) is 6.01 Å². The monoisotopic (exact) mass is 539 g/mol. The molecule has 1 aromatic carbocycles. The van der Waals surface area contributed by atoms with E-state index in [1.807, 2.05) is 0 Å². The van der Waals surface area contributed by atoms with Crippen LogP contribution in [0.1, 0.15) is 25.7 Å². The smallest absolute Gasteiger partial charge is 0.319 e. The minimum atomic E-state index is -0.771. The predicted molar refractivity (Wildman–Crippen MR) is 143 cm³/mol. The molecule has 8 nitrogen and oxygen atoms in total. The quantitative estimate of drug-likeness (QED) is 0.361. The third-order valence-corrected chi connectivity index (χ3v) is 8.40. The Morgan fingerprint density at radius 3 is 2.66 bits per heavy atom. The fourth-order valence-electron chi connectivity index (χ4n) is 6.21. The number of hydrogen-bond donors (Lipinski definition) is 2. The minimum Gasteiger partial charge on any atom is -0.462 e. The molecule has 3 aliphatic heterocycles.